The molecule has 142 valence electrons. The van der Waals surface area contributed by atoms with E-state index in [1.54, 1.807) is 18.2 Å². The van der Waals surface area contributed by atoms with Gasteiger partial charge in [0.1, 0.15) is 12.2 Å². The zero-order chi connectivity index (χ0) is 19.1. The fourth-order valence-corrected chi connectivity index (χ4v) is 3.01. The average Bonchev–Trinajstić information content (AvgIpc) is 2.73. The van der Waals surface area contributed by atoms with Gasteiger partial charge in [0, 0.05) is 38.1 Å². The van der Waals surface area contributed by atoms with E-state index < -0.39 is 0 Å². The van der Waals surface area contributed by atoms with Crippen LogP contribution in [-0.2, 0) is 16.1 Å². The number of carbonyl (C=O) groups is 2. The van der Waals surface area contributed by atoms with Crippen LogP contribution in [0, 0.1) is 0 Å². The van der Waals surface area contributed by atoms with Crippen molar-refractivity contribution >= 4 is 17.5 Å². The lowest BCUT2D eigenvalue weighted by atomic mass is 10.2. The molecule has 1 aromatic carbocycles. The highest BCUT2D eigenvalue weighted by Crippen LogP contribution is 2.20. The summed E-state index contributed by atoms with van der Waals surface area (Å²) in [6.07, 6.45) is 1.55. The van der Waals surface area contributed by atoms with Crippen LogP contribution in [0.1, 0.15) is 12.1 Å². The van der Waals surface area contributed by atoms with Gasteiger partial charge in [-0.2, -0.15) is 0 Å². The molecule has 2 amide bonds. The van der Waals surface area contributed by atoms with Gasteiger partial charge >= 0.3 is 0 Å². The standard InChI is InChI=1S/C20H24N4O3/c1-27-18-7-5-17(6-8-18)23-10-12-24(13-11-23)20(26)14-19(25)22-15-16-4-2-3-9-21-16/h2-9H,10-15H2,1H3,(H,22,25). The Kier molecular flexibility index (Phi) is 6.25. The zero-order valence-corrected chi connectivity index (χ0v) is 15.4. The van der Waals surface area contributed by atoms with Crippen LogP contribution < -0.4 is 15.0 Å². The molecule has 1 aliphatic heterocycles. The number of hydrogen-bond acceptors (Lipinski definition) is 5. The lowest BCUT2D eigenvalue weighted by Crippen LogP contribution is -2.49. The van der Waals surface area contributed by atoms with E-state index in [2.05, 4.69) is 15.2 Å². The fourth-order valence-electron chi connectivity index (χ4n) is 3.01. The molecular weight excluding hydrogens is 344 g/mol. The zero-order valence-electron chi connectivity index (χ0n) is 15.4. The number of benzene rings is 1. The second kappa shape index (κ2) is 9.02. The average molecular weight is 368 g/mol. The molecule has 0 atom stereocenters. The van der Waals surface area contributed by atoms with E-state index in [1.807, 2.05) is 42.5 Å². The van der Waals surface area contributed by atoms with Gasteiger partial charge in [-0.25, -0.2) is 0 Å². The van der Waals surface area contributed by atoms with Gasteiger partial charge in [-0.3, -0.25) is 14.6 Å². The van der Waals surface area contributed by atoms with E-state index in [4.69, 9.17) is 4.74 Å². The van der Waals surface area contributed by atoms with Crippen LogP contribution in [-0.4, -0.2) is 55.0 Å². The lowest BCUT2D eigenvalue weighted by molar-refractivity contribution is -0.136. The van der Waals surface area contributed by atoms with Crippen molar-refractivity contribution in [3.05, 3.63) is 54.4 Å². The fraction of sp³-hybridized carbons (Fsp3) is 0.350. The summed E-state index contributed by atoms with van der Waals surface area (Å²) < 4.78 is 5.18. The van der Waals surface area contributed by atoms with Crippen LogP contribution in [0.5, 0.6) is 5.75 Å². The number of nitrogens with one attached hydrogen (secondary N) is 1. The summed E-state index contributed by atoms with van der Waals surface area (Å²) in [5.74, 6) is 0.412. The lowest BCUT2D eigenvalue weighted by Gasteiger charge is -2.36. The Bertz CT molecular complexity index is 757. The number of hydrogen-bond donors (Lipinski definition) is 1. The molecule has 0 spiro atoms. The first kappa shape index (κ1) is 18.7. The van der Waals surface area contributed by atoms with Crippen molar-refractivity contribution in [3.63, 3.8) is 0 Å². The summed E-state index contributed by atoms with van der Waals surface area (Å²) in [6, 6.07) is 13.4. The Morgan fingerprint density at radius 2 is 1.81 bits per heavy atom. The molecule has 3 rings (SSSR count). The summed E-state index contributed by atoms with van der Waals surface area (Å²) >= 11 is 0. The highest BCUT2D eigenvalue weighted by molar-refractivity contribution is 5.96. The van der Waals surface area contributed by atoms with E-state index in [0.717, 1.165) is 30.2 Å². The van der Waals surface area contributed by atoms with Gasteiger partial charge in [0.25, 0.3) is 0 Å². The van der Waals surface area contributed by atoms with Crippen LogP contribution in [0.2, 0.25) is 0 Å². The first-order valence-electron chi connectivity index (χ1n) is 8.99. The molecule has 0 aliphatic carbocycles. The molecule has 1 N–H and O–H groups in total. The molecule has 1 aliphatic rings. The van der Waals surface area contributed by atoms with Crippen molar-refractivity contribution in [2.45, 2.75) is 13.0 Å². The SMILES string of the molecule is COc1ccc(N2CCN(C(=O)CC(=O)NCc3ccccn3)CC2)cc1. The molecule has 1 fully saturated rings. The predicted molar refractivity (Wildman–Crippen MR) is 102 cm³/mol. The number of piperazine rings is 1. The Morgan fingerprint density at radius 1 is 1.07 bits per heavy atom. The Balaban J connectivity index is 1.43. The topological polar surface area (TPSA) is 74.8 Å². The Hall–Kier alpha value is -3.09. The minimum Gasteiger partial charge on any atom is -0.497 e. The van der Waals surface area contributed by atoms with Gasteiger partial charge in [0.15, 0.2) is 0 Å². The third kappa shape index (κ3) is 5.20. The molecule has 1 saturated heterocycles. The number of pyridine rings is 1. The summed E-state index contributed by atoms with van der Waals surface area (Å²) in [4.78, 5) is 32.5. The molecule has 0 bridgehead atoms. The van der Waals surface area contributed by atoms with Crippen LogP contribution in [0.25, 0.3) is 0 Å². The highest BCUT2D eigenvalue weighted by Gasteiger charge is 2.23. The van der Waals surface area contributed by atoms with E-state index in [1.165, 1.54) is 0 Å². The van der Waals surface area contributed by atoms with Crippen LogP contribution in [0.4, 0.5) is 5.69 Å². The summed E-state index contributed by atoms with van der Waals surface area (Å²) in [5, 5.41) is 2.74. The number of carbonyl (C=O) groups excluding carboxylic acids is 2. The number of rotatable bonds is 6. The van der Waals surface area contributed by atoms with E-state index in [0.29, 0.717) is 19.6 Å². The van der Waals surface area contributed by atoms with Crippen molar-refractivity contribution in [1.82, 2.24) is 15.2 Å². The second-order valence-corrected chi connectivity index (χ2v) is 6.34. The normalized spacial score (nSPS) is 14.0. The van der Waals surface area contributed by atoms with Crippen molar-refractivity contribution in [3.8, 4) is 5.75 Å². The molecule has 0 unspecified atom stereocenters. The summed E-state index contributed by atoms with van der Waals surface area (Å²) in [5.41, 5.74) is 1.88. The van der Waals surface area contributed by atoms with Gasteiger partial charge in [0.2, 0.25) is 11.8 Å². The monoisotopic (exact) mass is 368 g/mol. The first-order chi connectivity index (χ1) is 13.2. The first-order valence-corrected chi connectivity index (χ1v) is 8.99. The second-order valence-electron chi connectivity index (χ2n) is 6.34. The van der Waals surface area contributed by atoms with E-state index in [9.17, 15) is 9.59 Å². The van der Waals surface area contributed by atoms with Crippen molar-refractivity contribution in [2.75, 3.05) is 38.2 Å². The van der Waals surface area contributed by atoms with Crippen LogP contribution >= 0.6 is 0 Å². The van der Waals surface area contributed by atoms with Crippen molar-refractivity contribution in [1.29, 1.82) is 0 Å². The summed E-state index contributed by atoms with van der Waals surface area (Å²) in [6.45, 7) is 3.04. The molecule has 7 heteroatoms. The van der Waals surface area contributed by atoms with Gasteiger partial charge in [-0.15, -0.1) is 0 Å². The Labute approximate surface area is 158 Å². The molecule has 7 nitrogen and oxygen atoms in total. The maximum atomic E-state index is 12.4. The van der Waals surface area contributed by atoms with Gasteiger partial charge in [-0.05, 0) is 36.4 Å². The maximum Gasteiger partial charge on any atom is 0.232 e. The van der Waals surface area contributed by atoms with E-state index >= 15 is 0 Å². The summed E-state index contributed by atoms with van der Waals surface area (Å²) in [7, 11) is 1.64. The van der Waals surface area contributed by atoms with Crippen molar-refractivity contribution < 1.29 is 14.3 Å². The molecule has 0 radical (unpaired) electrons. The minimum absolute atomic E-state index is 0.130. The van der Waals surface area contributed by atoms with E-state index in [-0.39, 0.29) is 18.2 Å². The molecule has 2 heterocycles. The Morgan fingerprint density at radius 3 is 2.44 bits per heavy atom. The number of methoxy groups -OCH3 is 1. The number of amides is 2. The number of aromatic nitrogens is 1. The van der Waals surface area contributed by atoms with Gasteiger partial charge in [0.05, 0.1) is 19.3 Å². The largest absolute Gasteiger partial charge is 0.497 e. The third-order valence-electron chi connectivity index (χ3n) is 4.57. The van der Waals surface area contributed by atoms with Crippen molar-refractivity contribution in [2.24, 2.45) is 0 Å². The maximum absolute atomic E-state index is 12.4. The smallest absolute Gasteiger partial charge is 0.232 e. The molecule has 0 saturated carbocycles. The van der Waals surface area contributed by atoms with Gasteiger partial charge in [-0.1, -0.05) is 6.07 Å². The number of nitrogens with zero attached hydrogens (tertiary/aromatic N) is 3. The van der Waals surface area contributed by atoms with Gasteiger partial charge < -0.3 is 19.9 Å². The minimum atomic E-state index is -0.275. The van der Waals surface area contributed by atoms with Crippen LogP contribution in [0.15, 0.2) is 48.7 Å². The number of anilines is 1. The molecule has 2 aromatic rings. The molecular formula is C20H24N4O3. The number of ether oxygens (including phenoxy) is 1. The highest BCUT2D eigenvalue weighted by atomic mass is 16.5. The third-order valence-corrected chi connectivity index (χ3v) is 4.57. The van der Waals surface area contributed by atoms with Crippen LogP contribution in [0.3, 0.4) is 0 Å². The predicted octanol–water partition coefficient (Wildman–Crippen LogP) is 1.45. The molecule has 1 aromatic heterocycles. The quantitative estimate of drug-likeness (QED) is 0.781. The molecule has 27 heavy (non-hydrogen) atoms.